The van der Waals surface area contributed by atoms with Gasteiger partial charge in [0, 0.05) is 13.0 Å². The standard InChI is InChI=1S/C13H26N2O3.ClH/c1-4-9-13(2,14)12(17)15-10-7-5-6-8-11(16)18-3;/h4-10,14H2,1-3H3,(H,15,17);1H. The van der Waals surface area contributed by atoms with E-state index in [1.807, 2.05) is 6.92 Å². The SMILES string of the molecule is CCCC(C)(N)C(=O)NCCCCCC(=O)OC.Cl. The number of nitrogens with one attached hydrogen (secondary N) is 1. The average molecular weight is 295 g/mol. The number of ether oxygens (including phenoxy) is 1. The molecule has 1 unspecified atom stereocenters. The van der Waals surface area contributed by atoms with E-state index >= 15 is 0 Å². The summed E-state index contributed by atoms with van der Waals surface area (Å²) in [5.41, 5.74) is 5.12. The molecule has 0 radical (unpaired) electrons. The molecule has 0 fully saturated rings. The molecular formula is C13H27ClN2O3. The molecule has 0 aliphatic carbocycles. The number of carbonyl (C=O) groups is 2. The lowest BCUT2D eigenvalue weighted by molar-refractivity contribution is -0.140. The first-order valence-electron chi connectivity index (χ1n) is 6.58. The Morgan fingerprint density at radius 3 is 2.42 bits per heavy atom. The van der Waals surface area contributed by atoms with Crippen molar-refractivity contribution >= 4 is 24.3 Å². The highest BCUT2D eigenvalue weighted by Gasteiger charge is 2.26. The molecule has 0 aliphatic heterocycles. The molecule has 0 aromatic carbocycles. The first-order valence-corrected chi connectivity index (χ1v) is 6.58. The van der Waals surface area contributed by atoms with Gasteiger partial charge in [-0.05, 0) is 26.2 Å². The number of esters is 1. The van der Waals surface area contributed by atoms with Gasteiger partial charge in [-0.25, -0.2) is 0 Å². The molecule has 1 amide bonds. The molecule has 114 valence electrons. The number of halogens is 1. The molecule has 0 saturated carbocycles. The number of carbonyl (C=O) groups excluding carboxylic acids is 2. The second-order valence-electron chi connectivity index (χ2n) is 4.81. The summed E-state index contributed by atoms with van der Waals surface area (Å²) in [6, 6.07) is 0. The Kier molecular flexibility index (Phi) is 11.9. The van der Waals surface area contributed by atoms with E-state index in [-0.39, 0.29) is 24.3 Å². The Labute approximate surface area is 122 Å². The molecular weight excluding hydrogens is 268 g/mol. The quantitative estimate of drug-likeness (QED) is 0.502. The van der Waals surface area contributed by atoms with E-state index in [1.54, 1.807) is 6.92 Å². The topological polar surface area (TPSA) is 81.4 Å². The van der Waals surface area contributed by atoms with Crippen LogP contribution in [-0.2, 0) is 14.3 Å². The van der Waals surface area contributed by atoms with E-state index in [9.17, 15) is 9.59 Å². The van der Waals surface area contributed by atoms with E-state index in [0.717, 1.165) is 25.7 Å². The largest absolute Gasteiger partial charge is 0.469 e. The monoisotopic (exact) mass is 294 g/mol. The summed E-state index contributed by atoms with van der Waals surface area (Å²) in [7, 11) is 1.39. The summed E-state index contributed by atoms with van der Waals surface area (Å²) in [6.45, 7) is 4.37. The molecule has 0 spiro atoms. The number of unbranched alkanes of at least 4 members (excludes halogenated alkanes) is 2. The molecule has 0 saturated heterocycles. The molecule has 3 N–H and O–H groups in total. The summed E-state index contributed by atoms with van der Waals surface area (Å²) >= 11 is 0. The second kappa shape index (κ2) is 11.1. The summed E-state index contributed by atoms with van der Waals surface area (Å²) in [5.74, 6) is -0.283. The van der Waals surface area contributed by atoms with Crippen LogP contribution >= 0.6 is 12.4 Å². The molecule has 0 bridgehead atoms. The van der Waals surface area contributed by atoms with Gasteiger partial charge in [-0.2, -0.15) is 0 Å². The summed E-state index contributed by atoms with van der Waals surface area (Å²) in [5, 5.41) is 2.83. The van der Waals surface area contributed by atoms with Crippen LogP contribution in [0.1, 0.15) is 52.4 Å². The lowest BCUT2D eigenvalue weighted by Gasteiger charge is -2.22. The van der Waals surface area contributed by atoms with Crippen molar-refractivity contribution in [3.05, 3.63) is 0 Å². The number of nitrogens with two attached hydrogens (primary N) is 1. The van der Waals surface area contributed by atoms with Crippen LogP contribution in [0.15, 0.2) is 0 Å². The fourth-order valence-corrected chi connectivity index (χ4v) is 1.71. The summed E-state index contributed by atoms with van der Waals surface area (Å²) < 4.78 is 4.54. The van der Waals surface area contributed by atoms with Crippen LogP contribution in [0.4, 0.5) is 0 Å². The van der Waals surface area contributed by atoms with Gasteiger partial charge in [0.25, 0.3) is 0 Å². The van der Waals surface area contributed by atoms with Gasteiger partial charge in [0.15, 0.2) is 0 Å². The average Bonchev–Trinajstić information content (AvgIpc) is 2.32. The zero-order valence-electron chi connectivity index (χ0n) is 12.2. The van der Waals surface area contributed by atoms with Crippen LogP contribution in [0.2, 0.25) is 0 Å². The van der Waals surface area contributed by atoms with Gasteiger partial charge < -0.3 is 15.8 Å². The lowest BCUT2D eigenvalue weighted by atomic mass is 9.96. The Hall–Kier alpha value is -0.810. The highest BCUT2D eigenvalue weighted by molar-refractivity contribution is 5.85. The third kappa shape index (κ3) is 9.73. The number of amides is 1. The molecule has 0 aromatic rings. The Bertz CT molecular complexity index is 271. The third-order valence-electron chi connectivity index (χ3n) is 2.86. The van der Waals surface area contributed by atoms with E-state index in [0.29, 0.717) is 19.4 Å². The maximum absolute atomic E-state index is 11.7. The molecule has 19 heavy (non-hydrogen) atoms. The van der Waals surface area contributed by atoms with Crippen LogP contribution in [-0.4, -0.2) is 31.1 Å². The summed E-state index contributed by atoms with van der Waals surface area (Å²) in [6.07, 6.45) is 4.54. The van der Waals surface area contributed by atoms with Gasteiger partial charge in [0.1, 0.15) is 0 Å². The highest BCUT2D eigenvalue weighted by Crippen LogP contribution is 2.08. The molecule has 0 heterocycles. The number of hydrogen-bond donors (Lipinski definition) is 2. The minimum Gasteiger partial charge on any atom is -0.469 e. The van der Waals surface area contributed by atoms with Crippen molar-refractivity contribution in [1.29, 1.82) is 0 Å². The second-order valence-corrected chi connectivity index (χ2v) is 4.81. The van der Waals surface area contributed by atoms with Crippen LogP contribution in [0, 0.1) is 0 Å². The maximum atomic E-state index is 11.7. The van der Waals surface area contributed by atoms with Crippen molar-refractivity contribution in [3.8, 4) is 0 Å². The van der Waals surface area contributed by atoms with Gasteiger partial charge in [-0.15, -0.1) is 12.4 Å². The zero-order chi connectivity index (χ0) is 14.0. The van der Waals surface area contributed by atoms with Gasteiger partial charge in [0.2, 0.25) is 5.91 Å². The van der Waals surface area contributed by atoms with Gasteiger partial charge >= 0.3 is 5.97 Å². The first-order chi connectivity index (χ1) is 8.44. The Morgan fingerprint density at radius 2 is 1.89 bits per heavy atom. The Balaban J connectivity index is 0. The maximum Gasteiger partial charge on any atom is 0.305 e. The number of hydrogen-bond acceptors (Lipinski definition) is 4. The van der Waals surface area contributed by atoms with Crippen LogP contribution in [0.5, 0.6) is 0 Å². The molecule has 6 heteroatoms. The fourth-order valence-electron chi connectivity index (χ4n) is 1.71. The number of rotatable bonds is 9. The molecule has 0 rings (SSSR count). The third-order valence-corrected chi connectivity index (χ3v) is 2.86. The van der Waals surface area contributed by atoms with Crippen molar-refractivity contribution in [2.24, 2.45) is 5.73 Å². The van der Waals surface area contributed by atoms with Crippen LogP contribution in [0.25, 0.3) is 0 Å². The molecule has 5 nitrogen and oxygen atoms in total. The van der Waals surface area contributed by atoms with Crippen molar-refractivity contribution in [2.45, 2.75) is 57.9 Å². The highest BCUT2D eigenvalue weighted by atomic mass is 35.5. The smallest absolute Gasteiger partial charge is 0.305 e. The molecule has 1 atom stereocenters. The van der Waals surface area contributed by atoms with E-state index < -0.39 is 5.54 Å². The van der Waals surface area contributed by atoms with Gasteiger partial charge in [-0.3, -0.25) is 9.59 Å². The normalized spacial score (nSPS) is 13.1. The minimum atomic E-state index is -0.777. The Morgan fingerprint density at radius 1 is 1.26 bits per heavy atom. The van der Waals surface area contributed by atoms with Crippen molar-refractivity contribution < 1.29 is 14.3 Å². The van der Waals surface area contributed by atoms with Crippen molar-refractivity contribution in [1.82, 2.24) is 5.32 Å². The predicted octanol–water partition coefficient (Wildman–Crippen LogP) is 1.78. The van der Waals surface area contributed by atoms with Crippen molar-refractivity contribution in [2.75, 3.05) is 13.7 Å². The van der Waals surface area contributed by atoms with E-state index in [2.05, 4.69) is 10.1 Å². The van der Waals surface area contributed by atoms with Crippen molar-refractivity contribution in [3.63, 3.8) is 0 Å². The first kappa shape index (κ1) is 20.5. The molecule has 0 aliphatic rings. The summed E-state index contributed by atoms with van der Waals surface area (Å²) in [4.78, 5) is 22.6. The fraction of sp³-hybridized carbons (Fsp3) is 0.846. The van der Waals surface area contributed by atoms with Gasteiger partial charge in [0.05, 0.1) is 12.6 Å². The molecule has 0 aromatic heterocycles. The predicted molar refractivity (Wildman–Crippen MR) is 78.2 cm³/mol. The zero-order valence-corrected chi connectivity index (χ0v) is 13.0. The lowest BCUT2D eigenvalue weighted by Crippen LogP contribution is -2.51. The van der Waals surface area contributed by atoms with Crippen LogP contribution < -0.4 is 11.1 Å². The minimum absolute atomic E-state index is 0. The van der Waals surface area contributed by atoms with E-state index in [1.165, 1.54) is 7.11 Å². The number of methoxy groups -OCH3 is 1. The van der Waals surface area contributed by atoms with Gasteiger partial charge in [-0.1, -0.05) is 19.8 Å². The van der Waals surface area contributed by atoms with E-state index in [4.69, 9.17) is 5.73 Å². The van der Waals surface area contributed by atoms with Crippen LogP contribution in [0.3, 0.4) is 0 Å².